The highest BCUT2D eigenvalue weighted by atomic mass is 32.2. The molecule has 3 aromatic rings. The lowest BCUT2D eigenvalue weighted by Gasteiger charge is -2.09. The molecule has 3 rings (SSSR count). The maximum absolute atomic E-state index is 12.4. The van der Waals surface area contributed by atoms with Gasteiger partial charge in [-0.15, -0.1) is 0 Å². The van der Waals surface area contributed by atoms with Crippen molar-refractivity contribution in [1.29, 1.82) is 0 Å². The summed E-state index contributed by atoms with van der Waals surface area (Å²) in [5.41, 5.74) is 4.07. The van der Waals surface area contributed by atoms with Crippen molar-refractivity contribution in [2.75, 3.05) is 20.8 Å². The second-order valence-corrected chi connectivity index (χ2v) is 9.23. The van der Waals surface area contributed by atoms with Crippen LogP contribution in [0.25, 0.3) is 0 Å². The first-order valence-corrected chi connectivity index (χ1v) is 12.1. The molecule has 3 aromatic carbocycles. The maximum Gasteiger partial charge on any atom is 0.343 e. The van der Waals surface area contributed by atoms with Gasteiger partial charge in [0.15, 0.2) is 11.5 Å². The number of nitrogens with one attached hydrogen (secondary N) is 2. The number of hydrogen-bond donors (Lipinski definition) is 2. The largest absolute Gasteiger partial charge is 0.493 e. The molecular formula is C25H25N3O7S. The van der Waals surface area contributed by atoms with E-state index in [4.69, 9.17) is 14.2 Å². The van der Waals surface area contributed by atoms with Gasteiger partial charge in [-0.25, -0.2) is 23.4 Å². The van der Waals surface area contributed by atoms with Crippen molar-refractivity contribution in [2.45, 2.75) is 11.8 Å². The molecule has 0 fully saturated rings. The number of esters is 1. The first-order chi connectivity index (χ1) is 17.2. The number of hydrazone groups is 1. The molecule has 0 radical (unpaired) electrons. The van der Waals surface area contributed by atoms with E-state index in [1.54, 1.807) is 48.5 Å². The van der Waals surface area contributed by atoms with Gasteiger partial charge in [-0.05, 0) is 67.1 Å². The quantitative estimate of drug-likeness (QED) is 0.185. The topological polar surface area (TPSA) is 132 Å². The van der Waals surface area contributed by atoms with Gasteiger partial charge in [0, 0.05) is 0 Å². The van der Waals surface area contributed by atoms with Crippen molar-refractivity contribution in [3.05, 3.63) is 83.4 Å². The van der Waals surface area contributed by atoms with Gasteiger partial charge in [0.2, 0.25) is 10.0 Å². The van der Waals surface area contributed by atoms with Gasteiger partial charge < -0.3 is 14.2 Å². The molecule has 0 heterocycles. The second-order valence-electron chi connectivity index (χ2n) is 7.46. The molecule has 2 N–H and O–H groups in total. The molecule has 0 atom stereocenters. The van der Waals surface area contributed by atoms with E-state index in [0.29, 0.717) is 28.4 Å². The van der Waals surface area contributed by atoms with Crippen molar-refractivity contribution < 1.29 is 32.2 Å². The summed E-state index contributed by atoms with van der Waals surface area (Å²) < 4.78 is 42.4. The number of nitrogens with zero attached hydrogens (tertiary/aromatic N) is 1. The molecule has 0 spiro atoms. The molecule has 0 aliphatic carbocycles. The highest BCUT2D eigenvalue weighted by Crippen LogP contribution is 2.28. The number of methoxy groups -OCH3 is 2. The summed E-state index contributed by atoms with van der Waals surface area (Å²) in [6.07, 6.45) is 1.37. The standard InChI is InChI=1S/C25H25N3O7S/c1-17-4-11-21(12-5-17)36(31,32)27-16-24(29)28-26-15-18-6-9-20(10-7-18)35-25(30)19-8-13-22(33-2)23(14-19)34-3/h4-15,27H,16H2,1-3H3,(H,28,29)/b26-15+. The summed E-state index contributed by atoms with van der Waals surface area (Å²) in [5, 5.41) is 3.81. The molecule has 1 amide bonds. The zero-order chi connectivity index (χ0) is 26.1. The van der Waals surface area contributed by atoms with Crippen LogP contribution >= 0.6 is 0 Å². The minimum Gasteiger partial charge on any atom is -0.493 e. The summed E-state index contributed by atoms with van der Waals surface area (Å²) in [6, 6.07) is 17.3. The lowest BCUT2D eigenvalue weighted by Crippen LogP contribution is -2.34. The molecule has 0 saturated carbocycles. The number of sulfonamides is 1. The molecule has 0 aliphatic heterocycles. The van der Waals surface area contributed by atoms with Crippen LogP contribution in [0.15, 0.2) is 76.7 Å². The van der Waals surface area contributed by atoms with Gasteiger partial charge in [0.1, 0.15) is 5.75 Å². The molecule has 0 bridgehead atoms. The number of carbonyl (C=O) groups excluding carboxylic acids is 2. The first kappa shape index (κ1) is 26.4. The molecule has 0 aromatic heterocycles. The minimum absolute atomic E-state index is 0.0660. The molecule has 0 saturated heterocycles. The van der Waals surface area contributed by atoms with Crippen LogP contribution in [0.3, 0.4) is 0 Å². The predicted molar refractivity (Wildman–Crippen MR) is 133 cm³/mol. The Morgan fingerprint density at radius 3 is 2.22 bits per heavy atom. The smallest absolute Gasteiger partial charge is 0.343 e. The van der Waals surface area contributed by atoms with E-state index in [1.807, 2.05) is 6.92 Å². The van der Waals surface area contributed by atoms with Crippen LogP contribution in [0.5, 0.6) is 17.2 Å². The Bertz CT molecular complexity index is 1350. The van der Waals surface area contributed by atoms with Gasteiger partial charge >= 0.3 is 5.97 Å². The third-order valence-electron chi connectivity index (χ3n) is 4.87. The fraction of sp³-hybridized carbons (Fsp3) is 0.160. The first-order valence-electron chi connectivity index (χ1n) is 10.6. The molecule has 0 unspecified atom stereocenters. The normalized spacial score (nSPS) is 11.2. The third kappa shape index (κ3) is 7.14. The summed E-state index contributed by atoms with van der Waals surface area (Å²) in [6.45, 7) is 1.37. The Hall–Kier alpha value is -4.22. The van der Waals surface area contributed by atoms with Crippen LogP contribution in [-0.2, 0) is 14.8 Å². The van der Waals surface area contributed by atoms with Gasteiger partial charge in [-0.1, -0.05) is 17.7 Å². The van der Waals surface area contributed by atoms with Crippen LogP contribution in [0.4, 0.5) is 0 Å². The van der Waals surface area contributed by atoms with Crippen molar-refractivity contribution in [3.8, 4) is 17.2 Å². The maximum atomic E-state index is 12.4. The second kappa shape index (κ2) is 12.0. The van der Waals surface area contributed by atoms with Crippen molar-refractivity contribution in [3.63, 3.8) is 0 Å². The zero-order valence-corrected chi connectivity index (χ0v) is 20.7. The Morgan fingerprint density at radius 2 is 1.58 bits per heavy atom. The van der Waals surface area contributed by atoms with E-state index in [2.05, 4.69) is 15.2 Å². The number of carbonyl (C=O) groups is 2. The number of amides is 1. The molecule has 10 nitrogen and oxygen atoms in total. The number of rotatable bonds is 10. The summed E-state index contributed by atoms with van der Waals surface area (Å²) in [5.74, 6) is -0.00132. The molecule has 0 aliphatic rings. The monoisotopic (exact) mass is 511 g/mol. The van der Waals surface area contributed by atoms with Crippen molar-refractivity contribution in [1.82, 2.24) is 10.1 Å². The van der Waals surface area contributed by atoms with Crippen LogP contribution < -0.4 is 24.4 Å². The molecule has 36 heavy (non-hydrogen) atoms. The summed E-state index contributed by atoms with van der Waals surface area (Å²) in [7, 11) is -0.837. The molecule has 11 heteroatoms. The number of ether oxygens (including phenoxy) is 3. The lowest BCUT2D eigenvalue weighted by molar-refractivity contribution is -0.119. The average Bonchev–Trinajstić information content (AvgIpc) is 2.88. The van der Waals surface area contributed by atoms with Gasteiger partial charge in [0.25, 0.3) is 5.91 Å². The Morgan fingerprint density at radius 1 is 0.917 bits per heavy atom. The molecule has 188 valence electrons. The fourth-order valence-electron chi connectivity index (χ4n) is 2.93. The van der Waals surface area contributed by atoms with E-state index in [0.717, 1.165) is 5.56 Å². The van der Waals surface area contributed by atoms with Gasteiger partial charge in [-0.3, -0.25) is 4.79 Å². The summed E-state index contributed by atoms with van der Waals surface area (Å²) >= 11 is 0. The van der Waals surface area contributed by atoms with Crippen molar-refractivity contribution >= 4 is 28.1 Å². The molecular weight excluding hydrogens is 486 g/mol. The van der Waals surface area contributed by atoms with E-state index in [1.165, 1.54) is 38.6 Å². The Balaban J connectivity index is 1.50. The van der Waals surface area contributed by atoms with Crippen LogP contribution in [0.1, 0.15) is 21.5 Å². The Kier molecular flexibility index (Phi) is 8.76. The highest BCUT2D eigenvalue weighted by molar-refractivity contribution is 7.89. The van der Waals surface area contributed by atoms with Crippen LogP contribution in [-0.4, -0.2) is 47.3 Å². The van der Waals surface area contributed by atoms with E-state index < -0.39 is 28.4 Å². The summed E-state index contributed by atoms with van der Waals surface area (Å²) in [4.78, 5) is 24.4. The lowest BCUT2D eigenvalue weighted by atomic mass is 10.2. The van der Waals surface area contributed by atoms with Crippen LogP contribution in [0, 0.1) is 6.92 Å². The highest BCUT2D eigenvalue weighted by Gasteiger charge is 2.15. The minimum atomic E-state index is -3.81. The van der Waals surface area contributed by atoms with Gasteiger partial charge in [0.05, 0.1) is 37.4 Å². The zero-order valence-electron chi connectivity index (χ0n) is 19.8. The number of benzene rings is 3. The predicted octanol–water partition coefficient (Wildman–Crippen LogP) is 2.66. The van der Waals surface area contributed by atoms with E-state index in [-0.39, 0.29) is 4.90 Å². The Labute approximate surface area is 208 Å². The van der Waals surface area contributed by atoms with Crippen LogP contribution in [0.2, 0.25) is 0 Å². The average molecular weight is 512 g/mol. The fourth-order valence-corrected chi connectivity index (χ4v) is 3.91. The third-order valence-corrected chi connectivity index (χ3v) is 6.28. The number of hydrogen-bond acceptors (Lipinski definition) is 8. The SMILES string of the molecule is COc1ccc(C(=O)Oc2ccc(/C=N/NC(=O)CNS(=O)(=O)c3ccc(C)cc3)cc2)cc1OC. The van der Waals surface area contributed by atoms with E-state index in [9.17, 15) is 18.0 Å². The number of aryl methyl sites for hydroxylation is 1. The van der Waals surface area contributed by atoms with Crippen molar-refractivity contribution in [2.24, 2.45) is 5.10 Å². The van der Waals surface area contributed by atoms with Gasteiger partial charge in [-0.2, -0.15) is 5.10 Å². The van der Waals surface area contributed by atoms with E-state index >= 15 is 0 Å².